The SMILES string of the molecule is Cc1cc(CCCOc2c(C)cc(-c3cc([N+](=O)[O-])cc([N+](=O)[O-])c3)cc2C)on1. The Morgan fingerprint density at radius 3 is 1.97 bits per heavy atom. The van der Waals surface area contributed by atoms with Crippen LogP contribution in [-0.2, 0) is 6.42 Å². The summed E-state index contributed by atoms with van der Waals surface area (Å²) in [6.45, 7) is 6.10. The van der Waals surface area contributed by atoms with E-state index in [9.17, 15) is 20.2 Å². The highest BCUT2D eigenvalue weighted by atomic mass is 16.6. The molecule has 0 atom stereocenters. The van der Waals surface area contributed by atoms with E-state index >= 15 is 0 Å². The van der Waals surface area contributed by atoms with Crippen molar-refractivity contribution in [2.24, 2.45) is 0 Å². The number of nitro groups is 2. The van der Waals surface area contributed by atoms with Crippen molar-refractivity contribution in [2.75, 3.05) is 6.61 Å². The molecule has 0 aliphatic rings. The summed E-state index contributed by atoms with van der Waals surface area (Å²) in [5, 5.41) is 26.2. The Kier molecular flexibility index (Phi) is 6.10. The summed E-state index contributed by atoms with van der Waals surface area (Å²) in [6.07, 6.45) is 1.47. The van der Waals surface area contributed by atoms with Gasteiger partial charge in [-0.1, -0.05) is 5.16 Å². The maximum absolute atomic E-state index is 11.2. The molecule has 0 saturated carbocycles. The molecule has 3 rings (SSSR count). The van der Waals surface area contributed by atoms with Crippen LogP contribution < -0.4 is 4.74 Å². The van der Waals surface area contributed by atoms with Crippen LogP contribution in [0.25, 0.3) is 11.1 Å². The molecule has 30 heavy (non-hydrogen) atoms. The number of hydrogen-bond donors (Lipinski definition) is 0. The average molecular weight is 411 g/mol. The quantitative estimate of drug-likeness (QED) is 0.287. The highest BCUT2D eigenvalue weighted by Gasteiger charge is 2.18. The Balaban J connectivity index is 1.78. The van der Waals surface area contributed by atoms with Gasteiger partial charge in [-0.05, 0) is 61.6 Å². The number of benzene rings is 2. The second-order valence-corrected chi connectivity index (χ2v) is 7.08. The van der Waals surface area contributed by atoms with Crippen LogP contribution in [0.3, 0.4) is 0 Å². The van der Waals surface area contributed by atoms with Gasteiger partial charge in [0.25, 0.3) is 11.4 Å². The second-order valence-electron chi connectivity index (χ2n) is 7.08. The third-order valence-corrected chi connectivity index (χ3v) is 4.61. The zero-order chi connectivity index (χ0) is 21.8. The van der Waals surface area contributed by atoms with Crippen molar-refractivity contribution in [1.29, 1.82) is 0 Å². The summed E-state index contributed by atoms with van der Waals surface area (Å²) in [5.74, 6) is 1.54. The van der Waals surface area contributed by atoms with E-state index in [-0.39, 0.29) is 11.4 Å². The van der Waals surface area contributed by atoms with Crippen LogP contribution in [0.5, 0.6) is 5.75 Å². The summed E-state index contributed by atoms with van der Waals surface area (Å²) in [6, 6.07) is 9.14. The minimum absolute atomic E-state index is 0.322. The Labute approximate surface area is 172 Å². The van der Waals surface area contributed by atoms with Gasteiger partial charge in [0, 0.05) is 24.6 Å². The van der Waals surface area contributed by atoms with Gasteiger partial charge in [-0.2, -0.15) is 0 Å². The molecule has 0 radical (unpaired) electrons. The molecule has 156 valence electrons. The molecule has 0 amide bonds. The van der Waals surface area contributed by atoms with E-state index in [0.29, 0.717) is 24.2 Å². The van der Waals surface area contributed by atoms with E-state index < -0.39 is 9.85 Å². The van der Waals surface area contributed by atoms with E-state index in [0.717, 1.165) is 40.8 Å². The summed E-state index contributed by atoms with van der Waals surface area (Å²) in [4.78, 5) is 21.0. The molecular weight excluding hydrogens is 390 g/mol. The average Bonchev–Trinajstić information content (AvgIpc) is 3.11. The highest BCUT2D eigenvalue weighted by Crippen LogP contribution is 2.34. The number of ether oxygens (including phenoxy) is 1. The van der Waals surface area contributed by atoms with Gasteiger partial charge in [-0.25, -0.2) is 0 Å². The molecule has 1 aromatic heterocycles. The third-order valence-electron chi connectivity index (χ3n) is 4.61. The van der Waals surface area contributed by atoms with Gasteiger partial charge in [0.05, 0.1) is 28.2 Å². The topological polar surface area (TPSA) is 122 Å². The van der Waals surface area contributed by atoms with Crippen molar-refractivity contribution >= 4 is 11.4 Å². The lowest BCUT2D eigenvalue weighted by molar-refractivity contribution is -0.394. The maximum atomic E-state index is 11.2. The molecular formula is C21H21N3O6. The van der Waals surface area contributed by atoms with E-state index in [4.69, 9.17) is 9.26 Å². The van der Waals surface area contributed by atoms with Gasteiger partial charge < -0.3 is 9.26 Å². The standard InChI is InChI=1S/C21H21N3O6/c1-13-7-16(17-10-18(23(25)26)12-19(11-17)24(27)28)8-14(2)21(13)29-6-4-5-20-9-15(3)22-30-20/h7-12H,4-6H2,1-3H3. The molecule has 2 aromatic carbocycles. The van der Waals surface area contributed by atoms with Gasteiger partial charge in [0.15, 0.2) is 0 Å². The summed E-state index contributed by atoms with van der Waals surface area (Å²) in [5.41, 5.74) is 2.95. The van der Waals surface area contributed by atoms with Crippen molar-refractivity contribution in [3.8, 4) is 16.9 Å². The number of hydrogen-bond acceptors (Lipinski definition) is 7. The lowest BCUT2D eigenvalue weighted by Crippen LogP contribution is -2.02. The van der Waals surface area contributed by atoms with Crippen LogP contribution >= 0.6 is 0 Å². The highest BCUT2D eigenvalue weighted by molar-refractivity contribution is 5.72. The first-order chi connectivity index (χ1) is 14.2. The van der Waals surface area contributed by atoms with E-state index in [1.807, 2.05) is 39.0 Å². The Bertz CT molecular complexity index is 1050. The monoisotopic (exact) mass is 411 g/mol. The smallest absolute Gasteiger partial charge is 0.276 e. The predicted octanol–water partition coefficient (Wildman–Crippen LogP) is 5.09. The summed E-state index contributed by atoms with van der Waals surface area (Å²) < 4.78 is 11.1. The fourth-order valence-electron chi connectivity index (χ4n) is 3.27. The second kappa shape index (κ2) is 8.73. The fraction of sp³-hybridized carbons (Fsp3) is 0.286. The molecule has 3 aromatic rings. The van der Waals surface area contributed by atoms with Gasteiger partial charge >= 0.3 is 0 Å². The Morgan fingerprint density at radius 2 is 1.47 bits per heavy atom. The van der Waals surface area contributed by atoms with Gasteiger partial charge in [-0.15, -0.1) is 0 Å². The summed E-state index contributed by atoms with van der Waals surface area (Å²) >= 11 is 0. The summed E-state index contributed by atoms with van der Waals surface area (Å²) in [7, 11) is 0. The van der Waals surface area contributed by atoms with Crippen LogP contribution in [0.2, 0.25) is 0 Å². The van der Waals surface area contributed by atoms with Crippen molar-refractivity contribution in [3.05, 3.63) is 79.2 Å². The lowest BCUT2D eigenvalue weighted by Gasteiger charge is -2.14. The van der Waals surface area contributed by atoms with Gasteiger partial charge in [0.2, 0.25) is 0 Å². The first kappa shape index (κ1) is 21.0. The number of nitro benzene ring substituents is 2. The normalized spacial score (nSPS) is 10.8. The van der Waals surface area contributed by atoms with Crippen molar-refractivity contribution in [2.45, 2.75) is 33.6 Å². The molecule has 0 spiro atoms. The van der Waals surface area contributed by atoms with Crippen LogP contribution in [-0.4, -0.2) is 21.6 Å². The predicted molar refractivity (Wildman–Crippen MR) is 110 cm³/mol. The minimum atomic E-state index is -0.635. The van der Waals surface area contributed by atoms with Gasteiger partial charge in [-0.3, -0.25) is 20.2 Å². The maximum Gasteiger partial charge on any atom is 0.276 e. The Hall–Kier alpha value is -3.75. The van der Waals surface area contributed by atoms with E-state index in [2.05, 4.69) is 5.16 Å². The van der Waals surface area contributed by atoms with Crippen molar-refractivity contribution < 1.29 is 19.1 Å². The van der Waals surface area contributed by atoms with Crippen molar-refractivity contribution in [3.63, 3.8) is 0 Å². The molecule has 0 unspecified atom stereocenters. The zero-order valence-corrected chi connectivity index (χ0v) is 16.9. The largest absolute Gasteiger partial charge is 0.493 e. The molecule has 1 heterocycles. The van der Waals surface area contributed by atoms with Crippen LogP contribution in [0.15, 0.2) is 40.9 Å². The Morgan fingerprint density at radius 1 is 0.900 bits per heavy atom. The first-order valence-electron chi connectivity index (χ1n) is 9.35. The number of rotatable bonds is 8. The van der Waals surface area contributed by atoms with Crippen molar-refractivity contribution in [1.82, 2.24) is 5.16 Å². The molecule has 0 aliphatic heterocycles. The molecule has 0 saturated heterocycles. The molecule has 9 heteroatoms. The van der Waals surface area contributed by atoms with E-state index in [1.54, 1.807) is 0 Å². The number of aryl methyl sites for hydroxylation is 4. The first-order valence-corrected chi connectivity index (χ1v) is 9.35. The zero-order valence-electron chi connectivity index (χ0n) is 16.9. The van der Waals surface area contributed by atoms with Gasteiger partial charge in [0.1, 0.15) is 11.5 Å². The molecule has 0 bridgehead atoms. The number of aromatic nitrogens is 1. The lowest BCUT2D eigenvalue weighted by atomic mass is 9.99. The number of nitrogens with zero attached hydrogens (tertiary/aromatic N) is 3. The van der Waals surface area contributed by atoms with Crippen LogP contribution in [0.4, 0.5) is 11.4 Å². The molecule has 0 aliphatic carbocycles. The third kappa shape index (κ3) is 4.80. The fourth-order valence-corrected chi connectivity index (χ4v) is 3.27. The number of non-ortho nitro benzene ring substituents is 2. The van der Waals surface area contributed by atoms with E-state index in [1.165, 1.54) is 12.1 Å². The van der Waals surface area contributed by atoms with Crippen LogP contribution in [0.1, 0.15) is 29.0 Å². The molecule has 9 nitrogen and oxygen atoms in total. The molecule has 0 N–H and O–H groups in total. The van der Waals surface area contributed by atoms with Crippen LogP contribution in [0, 0.1) is 41.0 Å². The molecule has 0 fully saturated rings. The minimum Gasteiger partial charge on any atom is -0.493 e.